The Morgan fingerprint density at radius 1 is 1.04 bits per heavy atom. The quantitative estimate of drug-likeness (QED) is 0.205. The largest absolute Gasteiger partial charge is 0.491 e. The van der Waals surface area contributed by atoms with Crippen LogP contribution in [0.3, 0.4) is 0 Å². The highest BCUT2D eigenvalue weighted by Gasteiger charge is 2.24. The van der Waals surface area contributed by atoms with E-state index in [4.69, 9.17) is 14.9 Å². The van der Waals surface area contributed by atoms with Crippen molar-refractivity contribution in [1.29, 1.82) is 0 Å². The molecular weight excluding hydrogens is 653 g/mol. The fraction of sp³-hybridized carbons (Fsp3) is 0.447. The van der Waals surface area contributed by atoms with E-state index in [0.717, 1.165) is 106 Å². The second-order valence-corrected chi connectivity index (χ2v) is 14.6. The van der Waals surface area contributed by atoms with E-state index in [2.05, 4.69) is 53.7 Å². The third-order valence-electron chi connectivity index (χ3n) is 9.35. The molecule has 2 aromatic heterocycles. The Morgan fingerprint density at radius 3 is 2.73 bits per heavy atom. The van der Waals surface area contributed by atoms with E-state index in [1.54, 1.807) is 0 Å². The summed E-state index contributed by atoms with van der Waals surface area (Å²) in [5, 5.41) is 26.7. The summed E-state index contributed by atoms with van der Waals surface area (Å²) in [6.07, 6.45) is 9.65. The molecule has 7 rings (SSSR count). The van der Waals surface area contributed by atoms with E-state index >= 15 is 0 Å². The van der Waals surface area contributed by atoms with Crippen LogP contribution in [0, 0.1) is 6.92 Å². The molecule has 5 heterocycles. The van der Waals surface area contributed by atoms with Crippen LogP contribution in [0.25, 0.3) is 17.0 Å². The van der Waals surface area contributed by atoms with Crippen molar-refractivity contribution < 1.29 is 14.6 Å². The number of carbonyl (C=O) groups is 1. The number of carboxylic acid groups (broad SMARTS) is 1. The summed E-state index contributed by atoms with van der Waals surface area (Å²) >= 11 is 3.62. The molecule has 0 saturated carbocycles. The minimum Gasteiger partial charge on any atom is -0.491 e. The third-order valence-corrected chi connectivity index (χ3v) is 11.2. The van der Waals surface area contributed by atoms with Crippen molar-refractivity contribution in [2.45, 2.75) is 75.7 Å². The number of rotatable bonds is 1. The van der Waals surface area contributed by atoms with E-state index in [-0.39, 0.29) is 0 Å². The smallest absolute Gasteiger partial charge is 0.352 e. The average Bonchev–Trinajstić information content (AvgIpc) is 3.78. The molecule has 3 aliphatic heterocycles. The molecule has 1 fully saturated rings. The van der Waals surface area contributed by atoms with Gasteiger partial charge in [-0.15, -0.1) is 23.5 Å². The summed E-state index contributed by atoms with van der Waals surface area (Å²) in [4.78, 5) is 13.9. The molecule has 49 heavy (non-hydrogen) atoms. The topological polar surface area (TPSA) is 96.9 Å². The Balaban J connectivity index is 0.00000205. The first kappa shape index (κ1) is 35.0. The summed E-state index contributed by atoms with van der Waals surface area (Å²) in [5.74, 6) is 2.43. The number of nitrogens with zero attached hydrogens (tertiary/aromatic N) is 5. The molecule has 11 heteroatoms. The predicted molar refractivity (Wildman–Crippen MR) is 204 cm³/mol. The summed E-state index contributed by atoms with van der Waals surface area (Å²) in [7, 11) is 3.91. The van der Waals surface area contributed by atoms with Crippen LogP contribution in [-0.2, 0) is 38.4 Å². The molecule has 1 saturated heterocycles. The molecule has 0 amide bonds. The van der Waals surface area contributed by atoms with Gasteiger partial charge in [0.15, 0.2) is 0 Å². The van der Waals surface area contributed by atoms with Crippen molar-refractivity contribution in [2.75, 3.05) is 30.8 Å². The van der Waals surface area contributed by atoms with Crippen molar-refractivity contribution >= 4 is 58.4 Å². The summed E-state index contributed by atoms with van der Waals surface area (Å²) < 4.78 is 10.4. The lowest BCUT2D eigenvalue weighted by Crippen LogP contribution is -2.14. The van der Waals surface area contributed by atoms with E-state index in [1.165, 1.54) is 16.2 Å². The van der Waals surface area contributed by atoms with Gasteiger partial charge in [-0.05, 0) is 86.4 Å². The Kier molecular flexibility index (Phi) is 11.3. The number of aromatic carboxylic acids is 1. The first-order chi connectivity index (χ1) is 23.9. The van der Waals surface area contributed by atoms with Crippen molar-refractivity contribution in [3.05, 3.63) is 75.4 Å². The molecule has 3 aliphatic rings. The van der Waals surface area contributed by atoms with E-state index in [9.17, 15) is 9.90 Å². The molecule has 9 nitrogen and oxygen atoms in total. The number of ether oxygens (including phenoxy) is 1. The van der Waals surface area contributed by atoms with E-state index in [0.29, 0.717) is 25.1 Å². The minimum absolute atomic E-state index is 0.352. The highest BCUT2D eigenvalue weighted by molar-refractivity contribution is 7.99. The van der Waals surface area contributed by atoms with Crippen LogP contribution in [0.4, 0.5) is 5.69 Å². The average molecular weight is 701 g/mol. The van der Waals surface area contributed by atoms with Gasteiger partial charge < -0.3 is 19.7 Å². The number of nitrogens with one attached hydrogen (secondary N) is 1. The highest BCUT2D eigenvalue weighted by atomic mass is 32.2. The molecule has 0 spiro atoms. The Morgan fingerprint density at radius 2 is 1.90 bits per heavy atom. The SMILES string of the molecule is CC.Cc1ccc2c3c(C(=O)O)n(C)c2c1/C=C1\CCCN1/N=C/CSCc1cc(n(C)n1)CSc1cc2c(c(c1)OCCC3)NCCC2. The number of aromatic nitrogens is 3. The molecule has 2 N–H and O–H groups in total. The van der Waals surface area contributed by atoms with Crippen LogP contribution in [0.15, 0.2) is 46.0 Å². The monoisotopic (exact) mass is 700 g/mol. The summed E-state index contributed by atoms with van der Waals surface area (Å²) in [5.41, 5.74) is 10.2. The first-order valence-corrected chi connectivity index (χ1v) is 19.6. The molecule has 260 valence electrons. The lowest BCUT2D eigenvalue weighted by molar-refractivity contribution is 0.0685. The second-order valence-electron chi connectivity index (χ2n) is 12.5. The van der Waals surface area contributed by atoms with Crippen LogP contribution in [0.5, 0.6) is 5.75 Å². The number of carboxylic acids is 1. The zero-order valence-corrected chi connectivity index (χ0v) is 31.0. The zero-order valence-electron chi connectivity index (χ0n) is 29.3. The maximum atomic E-state index is 12.7. The van der Waals surface area contributed by atoms with Gasteiger partial charge in [0.2, 0.25) is 0 Å². The number of hydrazone groups is 1. The minimum atomic E-state index is -0.902. The van der Waals surface area contributed by atoms with Gasteiger partial charge in [-0.25, -0.2) is 4.79 Å². The third kappa shape index (κ3) is 7.52. The van der Waals surface area contributed by atoms with Crippen LogP contribution in [0.2, 0.25) is 0 Å². The van der Waals surface area contributed by atoms with Gasteiger partial charge in [0.1, 0.15) is 11.4 Å². The maximum absolute atomic E-state index is 12.7. The first-order valence-electron chi connectivity index (χ1n) is 17.5. The lowest BCUT2D eigenvalue weighted by Gasteiger charge is -2.22. The van der Waals surface area contributed by atoms with E-state index < -0.39 is 5.97 Å². The van der Waals surface area contributed by atoms with Crippen molar-refractivity contribution in [1.82, 2.24) is 19.4 Å². The van der Waals surface area contributed by atoms with Crippen LogP contribution in [-0.4, -0.2) is 62.1 Å². The fourth-order valence-corrected chi connectivity index (χ4v) is 8.68. The van der Waals surface area contributed by atoms with Gasteiger partial charge in [-0.1, -0.05) is 26.0 Å². The predicted octanol–water partition coefficient (Wildman–Crippen LogP) is 8.28. The van der Waals surface area contributed by atoms with Gasteiger partial charge in [-0.2, -0.15) is 10.2 Å². The molecule has 0 radical (unpaired) electrons. The van der Waals surface area contributed by atoms with Crippen LogP contribution >= 0.6 is 23.5 Å². The van der Waals surface area contributed by atoms with Crippen molar-refractivity contribution in [3.8, 4) is 5.75 Å². The summed E-state index contributed by atoms with van der Waals surface area (Å²) in [6.45, 7) is 8.41. The van der Waals surface area contributed by atoms with Crippen LogP contribution < -0.4 is 10.1 Å². The van der Waals surface area contributed by atoms with Gasteiger partial charge in [0.25, 0.3) is 0 Å². The lowest BCUT2D eigenvalue weighted by atomic mass is 9.99. The van der Waals surface area contributed by atoms with Gasteiger partial charge in [0, 0.05) is 77.9 Å². The van der Waals surface area contributed by atoms with Gasteiger partial charge in [-0.3, -0.25) is 9.69 Å². The number of benzene rings is 2. The molecule has 0 aliphatic carbocycles. The number of anilines is 1. The molecule has 2 aromatic carbocycles. The maximum Gasteiger partial charge on any atom is 0.352 e. The van der Waals surface area contributed by atoms with Crippen LogP contribution in [0.1, 0.15) is 83.7 Å². The van der Waals surface area contributed by atoms with Crippen molar-refractivity contribution in [3.63, 3.8) is 0 Å². The molecule has 8 bridgehead atoms. The fourth-order valence-electron chi connectivity index (χ4n) is 7.04. The number of aryl methyl sites for hydroxylation is 5. The molecule has 0 atom stereocenters. The van der Waals surface area contributed by atoms with Gasteiger partial charge in [0.05, 0.1) is 23.5 Å². The number of hydrogen-bond donors (Lipinski definition) is 2. The van der Waals surface area contributed by atoms with Gasteiger partial charge >= 0.3 is 5.97 Å². The Labute approximate surface area is 298 Å². The Hall–Kier alpha value is -3.83. The molecule has 4 aromatic rings. The second kappa shape index (κ2) is 15.8. The zero-order chi connectivity index (χ0) is 34.5. The molecule has 0 unspecified atom stereocenters. The normalized spacial score (nSPS) is 18.6. The number of hydrogen-bond acceptors (Lipinski definition) is 8. The van der Waals surface area contributed by atoms with Crippen molar-refractivity contribution in [2.24, 2.45) is 19.2 Å². The summed E-state index contributed by atoms with van der Waals surface area (Å²) in [6, 6.07) is 10.9. The molecular formula is C38H48N6O3S2. The Bertz CT molecular complexity index is 1890. The highest BCUT2D eigenvalue weighted by Crippen LogP contribution is 2.39. The standard InChI is InChI=1S/C36H42N6O3S2.C2H6/c1-23-10-11-30-29-9-6-15-45-32-20-28(17-24-7-4-12-37-33(24)32)47-22-27-18-25(39-41(27)3)21-46-16-13-38-42-14-5-8-26(42)19-31(23)34(30)40(2)35(29)36(43)44;1-2/h10-11,13,17-20,37H,4-9,12,14-16,21-22H2,1-3H3,(H,43,44);1-2H3/b26-19+,38-13+;. The number of thioether (sulfide) groups is 2. The number of allylic oxidation sites excluding steroid dienone is 1. The van der Waals surface area contributed by atoms with E-state index in [1.807, 2.05) is 66.9 Å². The number of fused-ring (bicyclic) bond motifs is 7.